The van der Waals surface area contributed by atoms with Crippen LogP contribution in [0.1, 0.15) is 17.3 Å². The minimum absolute atomic E-state index is 0.00478. The van der Waals surface area contributed by atoms with Crippen molar-refractivity contribution in [3.63, 3.8) is 0 Å². The SMILES string of the molecule is CC(=O)c1cccc(OS(=O)(=O)c2cc(Cl)c(Cl)cc2Cl)c1. The third-order valence-electron chi connectivity index (χ3n) is 2.69. The average Bonchev–Trinajstić information content (AvgIpc) is 2.42. The van der Waals surface area contributed by atoms with Crippen LogP contribution in [0.25, 0.3) is 0 Å². The molecule has 0 N–H and O–H groups in total. The molecule has 0 saturated heterocycles. The number of halogens is 3. The Morgan fingerprint density at radius 3 is 2.27 bits per heavy atom. The molecule has 0 aromatic heterocycles. The zero-order valence-corrected chi connectivity index (χ0v) is 14.2. The van der Waals surface area contributed by atoms with Crippen molar-refractivity contribution in [3.8, 4) is 5.75 Å². The maximum Gasteiger partial charge on any atom is 0.340 e. The van der Waals surface area contributed by atoms with E-state index in [4.69, 9.17) is 39.0 Å². The molecule has 0 unspecified atom stereocenters. The molecule has 0 radical (unpaired) electrons. The summed E-state index contributed by atoms with van der Waals surface area (Å²) in [5.74, 6) is -0.217. The number of rotatable bonds is 4. The predicted molar refractivity (Wildman–Crippen MR) is 85.7 cm³/mol. The number of Topliss-reactive ketones (excluding diaryl/α,β-unsaturated/α-hetero) is 1. The van der Waals surface area contributed by atoms with E-state index in [1.54, 1.807) is 6.07 Å². The van der Waals surface area contributed by atoms with E-state index in [9.17, 15) is 13.2 Å². The van der Waals surface area contributed by atoms with Crippen LogP contribution >= 0.6 is 34.8 Å². The van der Waals surface area contributed by atoms with Gasteiger partial charge in [0.15, 0.2) is 5.78 Å². The first-order valence-corrected chi connectivity index (χ1v) is 8.45. The minimum Gasteiger partial charge on any atom is -0.379 e. The molecule has 0 saturated carbocycles. The van der Waals surface area contributed by atoms with Crippen molar-refractivity contribution in [1.29, 1.82) is 0 Å². The van der Waals surface area contributed by atoms with Gasteiger partial charge in [-0.1, -0.05) is 46.9 Å². The molecule has 0 atom stereocenters. The molecule has 0 aliphatic heterocycles. The van der Waals surface area contributed by atoms with E-state index >= 15 is 0 Å². The molecule has 2 aromatic rings. The molecule has 0 bridgehead atoms. The van der Waals surface area contributed by atoms with Crippen LogP contribution in [0.4, 0.5) is 0 Å². The van der Waals surface area contributed by atoms with E-state index in [0.29, 0.717) is 5.56 Å². The van der Waals surface area contributed by atoms with Gasteiger partial charge in [0.2, 0.25) is 0 Å². The highest BCUT2D eigenvalue weighted by molar-refractivity contribution is 7.87. The third-order valence-corrected chi connectivity index (χ3v) is 5.13. The van der Waals surface area contributed by atoms with Crippen molar-refractivity contribution in [2.45, 2.75) is 11.8 Å². The van der Waals surface area contributed by atoms with Gasteiger partial charge in [0.1, 0.15) is 10.6 Å². The highest BCUT2D eigenvalue weighted by Gasteiger charge is 2.22. The molecule has 4 nitrogen and oxygen atoms in total. The first-order chi connectivity index (χ1) is 10.2. The number of carbonyl (C=O) groups is 1. The first-order valence-electron chi connectivity index (χ1n) is 5.91. The molecule has 0 fully saturated rings. The molecule has 2 aromatic carbocycles. The zero-order chi connectivity index (χ0) is 16.5. The number of ketones is 1. The number of carbonyl (C=O) groups excluding carboxylic acids is 1. The van der Waals surface area contributed by atoms with E-state index < -0.39 is 10.1 Å². The lowest BCUT2D eigenvalue weighted by molar-refractivity contribution is 0.101. The molecule has 0 spiro atoms. The second-order valence-corrected chi connectivity index (χ2v) is 7.05. The Kier molecular flexibility index (Phi) is 5.02. The summed E-state index contributed by atoms with van der Waals surface area (Å²) in [5.41, 5.74) is 0.327. The van der Waals surface area contributed by atoms with Crippen molar-refractivity contribution in [2.75, 3.05) is 0 Å². The lowest BCUT2D eigenvalue weighted by Gasteiger charge is -2.10. The summed E-state index contributed by atoms with van der Waals surface area (Å²) in [6.45, 7) is 1.36. The second-order valence-electron chi connectivity index (χ2n) is 4.32. The summed E-state index contributed by atoms with van der Waals surface area (Å²) in [6.07, 6.45) is 0. The predicted octanol–water partition coefficient (Wildman–Crippen LogP) is 4.62. The lowest BCUT2D eigenvalue weighted by atomic mass is 10.1. The molecule has 22 heavy (non-hydrogen) atoms. The lowest BCUT2D eigenvalue weighted by Crippen LogP contribution is -2.11. The minimum atomic E-state index is -4.21. The fourth-order valence-corrected chi connectivity index (χ4v) is 3.54. The first kappa shape index (κ1) is 17.1. The Morgan fingerprint density at radius 1 is 1.00 bits per heavy atom. The molecular formula is C14H9Cl3O4S. The normalized spacial score (nSPS) is 11.3. The van der Waals surface area contributed by atoms with Gasteiger partial charge in [-0.2, -0.15) is 8.42 Å². The number of benzene rings is 2. The van der Waals surface area contributed by atoms with Crippen LogP contribution < -0.4 is 4.18 Å². The van der Waals surface area contributed by atoms with Crippen molar-refractivity contribution in [3.05, 3.63) is 57.0 Å². The molecule has 116 valence electrons. The standard InChI is InChI=1S/C14H9Cl3O4S/c1-8(18)9-3-2-4-10(5-9)21-22(19,20)14-7-12(16)11(15)6-13(14)17/h2-7H,1H3. The highest BCUT2D eigenvalue weighted by atomic mass is 35.5. The topological polar surface area (TPSA) is 60.4 Å². The van der Waals surface area contributed by atoms with E-state index in [-0.39, 0.29) is 31.5 Å². The Balaban J connectivity index is 2.42. The highest BCUT2D eigenvalue weighted by Crippen LogP contribution is 2.33. The van der Waals surface area contributed by atoms with Crippen LogP contribution in [0.15, 0.2) is 41.3 Å². The number of hydrogen-bond donors (Lipinski definition) is 0. The van der Waals surface area contributed by atoms with Gasteiger partial charge in [-0.15, -0.1) is 0 Å². The van der Waals surface area contributed by atoms with E-state index in [0.717, 1.165) is 6.07 Å². The molecule has 0 heterocycles. The number of hydrogen-bond acceptors (Lipinski definition) is 4. The average molecular weight is 380 g/mol. The van der Waals surface area contributed by atoms with Crippen LogP contribution in [0.3, 0.4) is 0 Å². The van der Waals surface area contributed by atoms with Crippen LogP contribution in [-0.4, -0.2) is 14.2 Å². The Bertz CT molecular complexity index is 847. The van der Waals surface area contributed by atoms with E-state index in [1.807, 2.05) is 0 Å². The smallest absolute Gasteiger partial charge is 0.340 e. The van der Waals surface area contributed by atoms with Crippen LogP contribution in [-0.2, 0) is 10.1 Å². The van der Waals surface area contributed by atoms with Crippen molar-refractivity contribution in [2.24, 2.45) is 0 Å². The quantitative estimate of drug-likeness (QED) is 0.442. The van der Waals surface area contributed by atoms with Crippen molar-refractivity contribution in [1.82, 2.24) is 0 Å². The van der Waals surface area contributed by atoms with Gasteiger partial charge in [-0.3, -0.25) is 4.79 Å². The van der Waals surface area contributed by atoms with Crippen LogP contribution in [0, 0.1) is 0 Å². The molecule has 0 amide bonds. The monoisotopic (exact) mass is 378 g/mol. The summed E-state index contributed by atoms with van der Waals surface area (Å²) in [4.78, 5) is 11.0. The van der Waals surface area contributed by atoms with Gasteiger partial charge in [0.25, 0.3) is 0 Å². The molecule has 8 heteroatoms. The fraction of sp³-hybridized carbons (Fsp3) is 0.0714. The van der Waals surface area contributed by atoms with E-state index in [2.05, 4.69) is 0 Å². The van der Waals surface area contributed by atoms with Crippen LogP contribution in [0.5, 0.6) is 5.75 Å². The second kappa shape index (κ2) is 6.46. The third kappa shape index (κ3) is 3.73. The summed E-state index contributed by atoms with van der Waals surface area (Å²) < 4.78 is 29.5. The van der Waals surface area contributed by atoms with Crippen LogP contribution in [0.2, 0.25) is 15.1 Å². The molecule has 2 rings (SSSR count). The summed E-state index contributed by atoms with van der Waals surface area (Å²) in [6, 6.07) is 8.12. The van der Waals surface area contributed by atoms with Gasteiger partial charge < -0.3 is 4.18 Å². The van der Waals surface area contributed by atoms with E-state index in [1.165, 1.54) is 31.2 Å². The van der Waals surface area contributed by atoms with Gasteiger partial charge in [0, 0.05) is 5.56 Å². The maximum atomic E-state index is 12.3. The van der Waals surface area contributed by atoms with Crippen molar-refractivity contribution >= 4 is 50.7 Å². The molecule has 0 aliphatic carbocycles. The maximum absolute atomic E-state index is 12.3. The molecular weight excluding hydrogens is 371 g/mol. The van der Waals surface area contributed by atoms with Gasteiger partial charge in [-0.05, 0) is 31.2 Å². The largest absolute Gasteiger partial charge is 0.379 e. The summed E-state index contributed by atoms with van der Waals surface area (Å²) in [5, 5.41) is 0.0482. The summed E-state index contributed by atoms with van der Waals surface area (Å²) >= 11 is 17.4. The van der Waals surface area contributed by atoms with Crippen molar-refractivity contribution < 1.29 is 17.4 Å². The fourth-order valence-electron chi connectivity index (χ4n) is 1.63. The molecule has 0 aliphatic rings. The zero-order valence-electron chi connectivity index (χ0n) is 11.1. The Hall–Kier alpha value is -1.27. The summed E-state index contributed by atoms with van der Waals surface area (Å²) in [7, 11) is -4.21. The Labute approximate surface area is 142 Å². The Morgan fingerprint density at radius 2 is 1.64 bits per heavy atom. The van der Waals surface area contributed by atoms with Gasteiger partial charge in [0.05, 0.1) is 15.1 Å². The van der Waals surface area contributed by atoms with Gasteiger partial charge in [-0.25, -0.2) is 0 Å². The van der Waals surface area contributed by atoms with Gasteiger partial charge >= 0.3 is 10.1 Å².